The molecule has 1 amide bonds. The molecule has 1 aliphatic heterocycles. The van der Waals surface area contributed by atoms with Crippen LogP contribution in [0.1, 0.15) is 42.0 Å². The van der Waals surface area contributed by atoms with Crippen LogP contribution in [0.25, 0.3) is 0 Å². The zero-order chi connectivity index (χ0) is 18.8. The second-order valence-corrected chi connectivity index (χ2v) is 7.08. The van der Waals surface area contributed by atoms with Crippen LogP contribution < -0.4 is 0 Å². The van der Waals surface area contributed by atoms with Gasteiger partial charge in [-0.1, -0.05) is 0 Å². The Morgan fingerprint density at radius 2 is 1.92 bits per heavy atom. The van der Waals surface area contributed by atoms with E-state index in [-0.39, 0.29) is 11.5 Å². The van der Waals surface area contributed by atoms with Crippen molar-refractivity contribution in [2.45, 2.75) is 45.9 Å². The molecule has 140 valence electrons. The summed E-state index contributed by atoms with van der Waals surface area (Å²) in [6.07, 6.45) is 2.58. The minimum Gasteiger partial charge on any atom is -0.333 e. The van der Waals surface area contributed by atoms with Gasteiger partial charge in [0.1, 0.15) is 11.6 Å². The van der Waals surface area contributed by atoms with Crippen molar-refractivity contribution in [3.8, 4) is 0 Å². The lowest BCUT2D eigenvalue weighted by molar-refractivity contribution is 0.0744. The number of hydrogen-bond acceptors (Lipinski definition) is 3. The normalized spacial score (nSPS) is 14.7. The van der Waals surface area contributed by atoms with Crippen molar-refractivity contribution < 1.29 is 13.6 Å². The third kappa shape index (κ3) is 3.93. The van der Waals surface area contributed by atoms with Crippen molar-refractivity contribution in [1.82, 2.24) is 19.4 Å². The minimum absolute atomic E-state index is 0.0383. The molecule has 0 spiro atoms. The number of aryl methyl sites for hydroxylation is 1. The molecular weight excluding hydrogens is 338 g/mol. The predicted molar refractivity (Wildman–Crippen MR) is 94.5 cm³/mol. The van der Waals surface area contributed by atoms with Gasteiger partial charge in [0, 0.05) is 37.3 Å². The van der Waals surface area contributed by atoms with Crippen LogP contribution in [-0.2, 0) is 19.6 Å². The second-order valence-electron chi connectivity index (χ2n) is 7.08. The van der Waals surface area contributed by atoms with Crippen molar-refractivity contribution in [2.75, 3.05) is 13.6 Å². The maximum Gasteiger partial charge on any atom is 0.254 e. The predicted octanol–water partition coefficient (Wildman–Crippen LogP) is 3.05. The van der Waals surface area contributed by atoms with Gasteiger partial charge in [-0.2, -0.15) is 0 Å². The Kier molecular flexibility index (Phi) is 5.36. The summed E-state index contributed by atoms with van der Waals surface area (Å²) >= 11 is 0. The molecule has 0 bridgehead atoms. The zero-order valence-corrected chi connectivity index (χ0v) is 15.4. The van der Waals surface area contributed by atoms with E-state index in [0.717, 1.165) is 42.6 Å². The van der Waals surface area contributed by atoms with Gasteiger partial charge in [0.25, 0.3) is 5.91 Å². The molecule has 0 radical (unpaired) electrons. The van der Waals surface area contributed by atoms with Crippen molar-refractivity contribution in [3.05, 3.63) is 53.1 Å². The smallest absolute Gasteiger partial charge is 0.254 e. The summed E-state index contributed by atoms with van der Waals surface area (Å²) in [5.74, 6) is -1.85. The van der Waals surface area contributed by atoms with E-state index in [0.29, 0.717) is 25.7 Å². The molecule has 1 aromatic heterocycles. The lowest BCUT2D eigenvalue weighted by Gasteiger charge is -2.23. The molecule has 1 aliphatic rings. The lowest BCUT2D eigenvalue weighted by Crippen LogP contribution is -2.32. The molecule has 0 saturated carbocycles. The van der Waals surface area contributed by atoms with Crippen LogP contribution >= 0.6 is 0 Å². The van der Waals surface area contributed by atoms with Crippen LogP contribution in [0.3, 0.4) is 0 Å². The maximum absolute atomic E-state index is 13.5. The summed E-state index contributed by atoms with van der Waals surface area (Å²) in [5, 5.41) is 0. The highest BCUT2D eigenvalue weighted by molar-refractivity contribution is 5.94. The molecule has 2 heterocycles. The number of fused-ring (bicyclic) bond motifs is 1. The highest BCUT2D eigenvalue weighted by Gasteiger charge is 2.24. The number of carbonyl (C=O) groups is 1. The largest absolute Gasteiger partial charge is 0.333 e. The lowest BCUT2D eigenvalue weighted by atomic mass is 10.1. The van der Waals surface area contributed by atoms with Gasteiger partial charge in [-0.15, -0.1) is 0 Å². The topological polar surface area (TPSA) is 41.4 Å². The number of rotatable bonds is 4. The fourth-order valence-electron chi connectivity index (χ4n) is 3.10. The van der Waals surface area contributed by atoms with Gasteiger partial charge in [0.15, 0.2) is 0 Å². The number of aromatic nitrogens is 2. The molecule has 0 N–H and O–H groups in total. The van der Waals surface area contributed by atoms with Crippen LogP contribution in [0, 0.1) is 11.6 Å². The Labute approximate surface area is 152 Å². The summed E-state index contributed by atoms with van der Waals surface area (Å²) in [6, 6.07) is 3.32. The first kappa shape index (κ1) is 18.5. The summed E-state index contributed by atoms with van der Waals surface area (Å²) in [4.78, 5) is 21.1. The van der Waals surface area contributed by atoms with Crippen molar-refractivity contribution in [2.24, 2.45) is 0 Å². The third-order valence-electron chi connectivity index (χ3n) is 4.88. The molecule has 0 atom stereocenters. The van der Waals surface area contributed by atoms with Crippen LogP contribution in [0.5, 0.6) is 0 Å². The van der Waals surface area contributed by atoms with Gasteiger partial charge in [-0.3, -0.25) is 9.69 Å². The first-order valence-corrected chi connectivity index (χ1v) is 8.83. The molecule has 7 heteroatoms. The highest BCUT2D eigenvalue weighted by atomic mass is 19.1. The first-order chi connectivity index (χ1) is 12.3. The minimum atomic E-state index is -0.743. The highest BCUT2D eigenvalue weighted by Crippen LogP contribution is 2.20. The van der Waals surface area contributed by atoms with Gasteiger partial charge < -0.3 is 9.47 Å². The SMILES string of the molecule is CC(C)N(C)Cc1ncn2c1CN(C(=O)c1cc(F)cc(F)c1)CCC2. The Balaban J connectivity index is 1.84. The monoisotopic (exact) mass is 362 g/mol. The molecule has 0 fully saturated rings. The van der Waals surface area contributed by atoms with E-state index in [1.807, 2.05) is 13.4 Å². The summed E-state index contributed by atoms with van der Waals surface area (Å²) < 4.78 is 29.0. The van der Waals surface area contributed by atoms with Gasteiger partial charge in [0.2, 0.25) is 0 Å². The number of hydrogen-bond donors (Lipinski definition) is 0. The number of benzene rings is 1. The van der Waals surface area contributed by atoms with Gasteiger partial charge >= 0.3 is 0 Å². The molecule has 0 saturated heterocycles. The van der Waals surface area contributed by atoms with Gasteiger partial charge in [-0.25, -0.2) is 13.8 Å². The van der Waals surface area contributed by atoms with E-state index in [1.54, 1.807) is 4.90 Å². The fourth-order valence-corrected chi connectivity index (χ4v) is 3.10. The van der Waals surface area contributed by atoms with Gasteiger partial charge in [0.05, 0.1) is 24.3 Å². The van der Waals surface area contributed by atoms with E-state index in [4.69, 9.17) is 0 Å². The molecule has 0 aliphatic carbocycles. The van der Waals surface area contributed by atoms with Crippen LogP contribution in [-0.4, -0.2) is 44.9 Å². The number of amides is 1. The van der Waals surface area contributed by atoms with Crippen molar-refractivity contribution in [1.29, 1.82) is 0 Å². The average molecular weight is 362 g/mol. The Hall–Kier alpha value is -2.28. The molecule has 3 rings (SSSR count). The Morgan fingerprint density at radius 3 is 2.58 bits per heavy atom. The quantitative estimate of drug-likeness (QED) is 0.839. The number of nitrogens with zero attached hydrogens (tertiary/aromatic N) is 4. The average Bonchev–Trinajstić information content (AvgIpc) is 2.81. The van der Waals surface area contributed by atoms with E-state index in [9.17, 15) is 13.6 Å². The van der Waals surface area contributed by atoms with Gasteiger partial charge in [-0.05, 0) is 39.4 Å². The third-order valence-corrected chi connectivity index (χ3v) is 4.88. The van der Waals surface area contributed by atoms with E-state index in [2.05, 4.69) is 28.3 Å². The fraction of sp³-hybridized carbons (Fsp3) is 0.474. The molecule has 5 nitrogen and oxygen atoms in total. The summed E-state index contributed by atoms with van der Waals surface area (Å²) in [6.45, 7) is 6.62. The number of halogens is 2. The molecule has 26 heavy (non-hydrogen) atoms. The summed E-state index contributed by atoms with van der Waals surface area (Å²) in [5.41, 5.74) is 1.96. The Morgan fingerprint density at radius 1 is 1.23 bits per heavy atom. The maximum atomic E-state index is 13.5. The first-order valence-electron chi connectivity index (χ1n) is 8.83. The zero-order valence-electron chi connectivity index (χ0n) is 15.4. The van der Waals surface area contributed by atoms with Crippen LogP contribution in [0.2, 0.25) is 0 Å². The molecular formula is C19H24F2N4O. The number of carbonyl (C=O) groups excluding carboxylic acids is 1. The van der Waals surface area contributed by atoms with E-state index >= 15 is 0 Å². The Bertz CT molecular complexity index is 783. The van der Waals surface area contributed by atoms with Crippen LogP contribution in [0.15, 0.2) is 24.5 Å². The molecule has 1 aromatic carbocycles. The summed E-state index contributed by atoms with van der Waals surface area (Å²) in [7, 11) is 2.03. The van der Waals surface area contributed by atoms with Crippen molar-refractivity contribution >= 4 is 5.91 Å². The molecule has 2 aromatic rings. The van der Waals surface area contributed by atoms with E-state index < -0.39 is 11.6 Å². The standard InChI is InChI=1S/C19H24F2N4O/c1-13(2)23(3)10-17-18-11-24(5-4-6-25(18)12-22-17)19(26)14-7-15(20)9-16(21)8-14/h7-9,12-13H,4-6,10-11H2,1-3H3. The second kappa shape index (κ2) is 7.53. The van der Waals surface area contributed by atoms with Crippen LogP contribution in [0.4, 0.5) is 8.78 Å². The van der Waals surface area contributed by atoms with Crippen molar-refractivity contribution in [3.63, 3.8) is 0 Å². The number of imidazole rings is 1. The molecule has 0 unspecified atom stereocenters. The van der Waals surface area contributed by atoms with E-state index in [1.165, 1.54) is 0 Å².